The highest BCUT2D eigenvalue weighted by Gasteiger charge is 2.14. The Labute approximate surface area is 136 Å². The molecule has 0 saturated carbocycles. The van der Waals surface area contributed by atoms with Gasteiger partial charge in [0, 0.05) is 13.1 Å². The van der Waals surface area contributed by atoms with Crippen molar-refractivity contribution in [3.63, 3.8) is 0 Å². The first-order valence-corrected chi connectivity index (χ1v) is 7.58. The van der Waals surface area contributed by atoms with E-state index in [-0.39, 0.29) is 12.5 Å². The predicted octanol–water partition coefficient (Wildman–Crippen LogP) is 3.46. The maximum absolute atomic E-state index is 12.2. The van der Waals surface area contributed by atoms with Crippen LogP contribution in [0.4, 0.5) is 0 Å². The highest BCUT2D eigenvalue weighted by atomic mass is 16.5. The average Bonchev–Trinajstić information content (AvgIpc) is 2.56. The molecule has 2 rings (SSSR count). The van der Waals surface area contributed by atoms with Crippen molar-refractivity contribution >= 4 is 23.0 Å². The summed E-state index contributed by atoms with van der Waals surface area (Å²) in [6.07, 6.45) is 0.771. The van der Waals surface area contributed by atoms with E-state index < -0.39 is 0 Å². The summed E-state index contributed by atoms with van der Waals surface area (Å²) in [5.74, 6) is 0.305. The van der Waals surface area contributed by atoms with Gasteiger partial charge in [-0.15, -0.1) is 0 Å². The van der Waals surface area contributed by atoms with Gasteiger partial charge in [0.25, 0.3) is 5.91 Å². The predicted molar refractivity (Wildman–Crippen MR) is 91.9 cm³/mol. The minimum absolute atomic E-state index is 0.0969. The van der Waals surface area contributed by atoms with Crippen molar-refractivity contribution in [1.29, 1.82) is 0 Å². The molecule has 2 aromatic rings. The van der Waals surface area contributed by atoms with Crippen LogP contribution in [0.25, 0.3) is 10.8 Å². The zero-order valence-corrected chi connectivity index (χ0v) is 13.5. The van der Waals surface area contributed by atoms with Gasteiger partial charge in [-0.2, -0.15) is 0 Å². The number of carbonyl (C=O) groups excluding carboxylic acids is 2. The van der Waals surface area contributed by atoms with Crippen molar-refractivity contribution in [3.8, 4) is 5.75 Å². The SMILES string of the molecule is C=C(C)CN(CC)C(=O)COc1ccc2ccccc2c1C=O. The van der Waals surface area contributed by atoms with Crippen LogP contribution in [0.1, 0.15) is 24.2 Å². The second-order valence-electron chi connectivity index (χ2n) is 5.47. The van der Waals surface area contributed by atoms with E-state index in [0.717, 1.165) is 22.6 Å². The van der Waals surface area contributed by atoms with E-state index in [4.69, 9.17) is 4.74 Å². The number of hydrogen-bond donors (Lipinski definition) is 0. The lowest BCUT2D eigenvalue weighted by molar-refractivity contribution is -0.132. The fourth-order valence-corrected chi connectivity index (χ4v) is 2.46. The molecule has 0 aromatic heterocycles. The summed E-state index contributed by atoms with van der Waals surface area (Å²) in [5.41, 5.74) is 1.39. The average molecular weight is 311 g/mol. The molecule has 0 aliphatic rings. The first kappa shape index (κ1) is 16.7. The number of hydrogen-bond acceptors (Lipinski definition) is 3. The lowest BCUT2D eigenvalue weighted by Gasteiger charge is -2.21. The van der Waals surface area contributed by atoms with E-state index in [2.05, 4.69) is 6.58 Å². The molecule has 2 aromatic carbocycles. The molecule has 1 amide bonds. The topological polar surface area (TPSA) is 46.6 Å². The number of rotatable bonds is 7. The van der Waals surface area contributed by atoms with Gasteiger partial charge < -0.3 is 9.64 Å². The molecule has 0 unspecified atom stereocenters. The zero-order valence-electron chi connectivity index (χ0n) is 13.5. The van der Waals surface area contributed by atoms with Crippen LogP contribution in [0.15, 0.2) is 48.6 Å². The van der Waals surface area contributed by atoms with Crippen molar-refractivity contribution in [2.24, 2.45) is 0 Å². The van der Waals surface area contributed by atoms with Crippen molar-refractivity contribution in [2.75, 3.05) is 19.7 Å². The molecule has 0 radical (unpaired) electrons. The molecule has 0 N–H and O–H groups in total. The third-order valence-corrected chi connectivity index (χ3v) is 3.59. The first-order chi connectivity index (χ1) is 11.1. The number of nitrogens with zero attached hydrogens (tertiary/aromatic N) is 1. The summed E-state index contributed by atoms with van der Waals surface area (Å²) >= 11 is 0. The molecule has 23 heavy (non-hydrogen) atoms. The fraction of sp³-hybridized carbons (Fsp3) is 0.263. The molecule has 4 heteroatoms. The van der Waals surface area contributed by atoms with Gasteiger partial charge in [0.1, 0.15) is 5.75 Å². The van der Waals surface area contributed by atoms with Crippen LogP contribution >= 0.6 is 0 Å². The minimum atomic E-state index is -0.125. The van der Waals surface area contributed by atoms with E-state index in [1.54, 1.807) is 11.0 Å². The maximum atomic E-state index is 12.2. The Kier molecular flexibility index (Phi) is 5.52. The Morgan fingerprint density at radius 3 is 2.65 bits per heavy atom. The van der Waals surface area contributed by atoms with Crippen molar-refractivity contribution in [3.05, 3.63) is 54.1 Å². The van der Waals surface area contributed by atoms with Crippen molar-refractivity contribution in [1.82, 2.24) is 4.90 Å². The van der Waals surface area contributed by atoms with Crippen molar-refractivity contribution in [2.45, 2.75) is 13.8 Å². The Hall–Kier alpha value is -2.62. The van der Waals surface area contributed by atoms with Gasteiger partial charge in [0.2, 0.25) is 0 Å². The molecule has 0 spiro atoms. The number of fused-ring (bicyclic) bond motifs is 1. The van der Waals surface area contributed by atoms with Gasteiger partial charge >= 0.3 is 0 Å². The largest absolute Gasteiger partial charge is 0.483 e. The van der Waals surface area contributed by atoms with Crippen LogP contribution in [0.5, 0.6) is 5.75 Å². The maximum Gasteiger partial charge on any atom is 0.260 e. The lowest BCUT2D eigenvalue weighted by atomic mass is 10.0. The third-order valence-electron chi connectivity index (χ3n) is 3.59. The van der Waals surface area contributed by atoms with Crippen LogP contribution < -0.4 is 4.74 Å². The number of likely N-dealkylation sites (N-methyl/N-ethyl adjacent to an activating group) is 1. The molecule has 0 bridgehead atoms. The Morgan fingerprint density at radius 1 is 1.26 bits per heavy atom. The molecular weight excluding hydrogens is 290 g/mol. The lowest BCUT2D eigenvalue weighted by Crippen LogP contribution is -2.35. The van der Waals surface area contributed by atoms with Gasteiger partial charge in [0.15, 0.2) is 12.9 Å². The fourth-order valence-electron chi connectivity index (χ4n) is 2.46. The van der Waals surface area contributed by atoms with Gasteiger partial charge in [-0.25, -0.2) is 0 Å². The Balaban J connectivity index is 2.17. The second-order valence-corrected chi connectivity index (χ2v) is 5.47. The van der Waals surface area contributed by atoms with E-state index in [1.165, 1.54) is 0 Å². The van der Waals surface area contributed by atoms with Crippen molar-refractivity contribution < 1.29 is 14.3 Å². The summed E-state index contributed by atoms with van der Waals surface area (Å²) in [6.45, 7) is 8.62. The van der Waals surface area contributed by atoms with Gasteiger partial charge in [-0.1, -0.05) is 42.5 Å². The second kappa shape index (κ2) is 7.58. The highest BCUT2D eigenvalue weighted by Crippen LogP contribution is 2.26. The quantitative estimate of drug-likeness (QED) is 0.581. The highest BCUT2D eigenvalue weighted by molar-refractivity contribution is 6.00. The van der Waals surface area contributed by atoms with Crippen LogP contribution in [-0.4, -0.2) is 36.8 Å². The summed E-state index contributed by atoms with van der Waals surface area (Å²) in [5, 5.41) is 1.78. The molecule has 0 aliphatic heterocycles. The summed E-state index contributed by atoms with van der Waals surface area (Å²) < 4.78 is 5.61. The number of aldehydes is 1. The molecule has 0 fully saturated rings. The van der Waals surface area contributed by atoms with E-state index in [0.29, 0.717) is 24.4 Å². The third kappa shape index (κ3) is 3.97. The standard InChI is InChI=1S/C19H21NO3/c1-4-20(11-14(2)3)19(22)13-23-18-10-9-15-7-5-6-8-16(15)17(18)12-21/h5-10,12H,2,4,11,13H2,1,3H3. The molecule has 0 aliphatic carbocycles. The Morgan fingerprint density at radius 2 is 2.00 bits per heavy atom. The van der Waals surface area contributed by atoms with Gasteiger partial charge in [-0.05, 0) is 30.7 Å². The normalized spacial score (nSPS) is 10.3. The summed E-state index contributed by atoms with van der Waals surface area (Å²) in [4.78, 5) is 25.3. The number of ether oxygens (including phenoxy) is 1. The van der Waals surface area contributed by atoms with Gasteiger partial charge in [-0.3, -0.25) is 9.59 Å². The number of benzene rings is 2. The zero-order chi connectivity index (χ0) is 16.8. The molecule has 0 atom stereocenters. The molecular formula is C19H21NO3. The molecule has 120 valence electrons. The summed E-state index contributed by atoms with van der Waals surface area (Å²) in [6, 6.07) is 11.2. The van der Waals surface area contributed by atoms with Crippen LogP contribution in [0.3, 0.4) is 0 Å². The van der Waals surface area contributed by atoms with Gasteiger partial charge in [0.05, 0.1) is 5.56 Å². The molecule has 0 saturated heterocycles. The van der Waals surface area contributed by atoms with E-state index in [9.17, 15) is 9.59 Å². The smallest absolute Gasteiger partial charge is 0.260 e. The number of carbonyl (C=O) groups is 2. The monoisotopic (exact) mass is 311 g/mol. The van der Waals surface area contributed by atoms with Crippen LogP contribution in [0, 0.1) is 0 Å². The van der Waals surface area contributed by atoms with E-state index in [1.807, 2.05) is 44.2 Å². The molecule has 4 nitrogen and oxygen atoms in total. The first-order valence-electron chi connectivity index (χ1n) is 7.58. The number of amides is 1. The van der Waals surface area contributed by atoms with E-state index >= 15 is 0 Å². The summed E-state index contributed by atoms with van der Waals surface area (Å²) in [7, 11) is 0. The minimum Gasteiger partial charge on any atom is -0.483 e. The molecule has 0 heterocycles. The Bertz CT molecular complexity index is 736. The van der Waals surface area contributed by atoms with Crippen LogP contribution in [-0.2, 0) is 4.79 Å². The van der Waals surface area contributed by atoms with Crippen LogP contribution in [0.2, 0.25) is 0 Å².